The molecule has 0 heteroatoms. The van der Waals surface area contributed by atoms with E-state index in [-0.39, 0.29) is 10.8 Å². The van der Waals surface area contributed by atoms with Crippen molar-refractivity contribution in [2.75, 3.05) is 0 Å². The van der Waals surface area contributed by atoms with Gasteiger partial charge in [-0.05, 0) is 183 Å². The van der Waals surface area contributed by atoms with Crippen molar-refractivity contribution in [2.24, 2.45) is 0 Å². The van der Waals surface area contributed by atoms with Gasteiger partial charge in [0.1, 0.15) is 0 Å². The van der Waals surface area contributed by atoms with E-state index in [1.165, 1.54) is 122 Å². The fourth-order valence-corrected chi connectivity index (χ4v) is 11.0. The Kier molecular flexibility index (Phi) is 9.30. The smallest absolute Gasteiger partial charge is 0.0159 e. The lowest BCUT2D eigenvalue weighted by atomic mass is 9.79. The Morgan fingerprint density at radius 3 is 0.606 bits per heavy atom. The van der Waals surface area contributed by atoms with Gasteiger partial charge in [0.05, 0.1) is 0 Å². The quantitative estimate of drug-likeness (QED) is 0.150. The lowest BCUT2D eigenvalue weighted by Gasteiger charge is -2.24. The van der Waals surface area contributed by atoms with Crippen molar-refractivity contribution >= 4 is 0 Å². The maximum Gasteiger partial charge on any atom is 0.0159 e. The van der Waals surface area contributed by atoms with Crippen molar-refractivity contribution in [1.29, 1.82) is 0 Å². The molecule has 0 saturated heterocycles. The van der Waals surface area contributed by atoms with E-state index < -0.39 is 0 Å². The fourth-order valence-electron chi connectivity index (χ4n) is 11.0. The molecule has 314 valence electrons. The third-order valence-corrected chi connectivity index (χ3v) is 14.6. The Balaban J connectivity index is 0.880. The summed E-state index contributed by atoms with van der Waals surface area (Å²) in [6.07, 6.45) is 0. The molecule has 0 saturated carbocycles. The summed E-state index contributed by atoms with van der Waals surface area (Å²) < 4.78 is 0. The van der Waals surface area contributed by atoms with Gasteiger partial charge < -0.3 is 0 Å². The molecule has 66 heavy (non-hydrogen) atoms. The van der Waals surface area contributed by atoms with E-state index in [0.717, 1.165) is 0 Å². The molecular formula is C66H50. The molecule has 0 unspecified atom stereocenters. The topological polar surface area (TPSA) is 0 Å². The summed E-state index contributed by atoms with van der Waals surface area (Å²) in [5.41, 5.74) is 27.8. The van der Waals surface area contributed by atoms with Crippen molar-refractivity contribution in [3.63, 3.8) is 0 Å². The minimum absolute atomic E-state index is 0.170. The van der Waals surface area contributed by atoms with Crippen LogP contribution in [0.25, 0.3) is 100 Å². The molecule has 0 aliphatic heterocycles. The summed E-state index contributed by atoms with van der Waals surface area (Å²) >= 11 is 0. The molecule has 0 amide bonds. The van der Waals surface area contributed by atoms with Crippen LogP contribution in [0.5, 0.6) is 0 Å². The largest absolute Gasteiger partial charge is 0.0622 e. The second-order valence-electron chi connectivity index (χ2n) is 19.4. The van der Waals surface area contributed by atoms with E-state index in [1.54, 1.807) is 0 Å². The molecule has 0 spiro atoms. The van der Waals surface area contributed by atoms with Gasteiger partial charge in [0.15, 0.2) is 0 Å². The highest BCUT2D eigenvalue weighted by atomic mass is 14.4. The van der Waals surface area contributed by atoms with E-state index in [1.807, 2.05) is 0 Å². The summed E-state index contributed by atoms with van der Waals surface area (Å²) in [6, 6.07) is 85.7. The first-order valence-corrected chi connectivity index (χ1v) is 23.3. The van der Waals surface area contributed by atoms with Crippen molar-refractivity contribution in [2.45, 2.75) is 38.5 Å². The van der Waals surface area contributed by atoms with E-state index in [2.05, 4.69) is 258 Å². The normalized spacial score (nSPS) is 13.7. The Hall–Kier alpha value is -7.80. The van der Waals surface area contributed by atoms with Crippen molar-refractivity contribution < 1.29 is 0 Å². The van der Waals surface area contributed by atoms with Gasteiger partial charge in [-0.2, -0.15) is 0 Å². The van der Waals surface area contributed by atoms with Crippen molar-refractivity contribution in [3.8, 4) is 100 Å². The minimum atomic E-state index is -0.170. The zero-order valence-corrected chi connectivity index (χ0v) is 37.9. The molecule has 0 aromatic heterocycles. The van der Waals surface area contributed by atoms with Gasteiger partial charge in [-0.25, -0.2) is 0 Å². The van der Waals surface area contributed by atoms with Gasteiger partial charge in [-0.3, -0.25) is 0 Å². The first kappa shape index (κ1) is 39.8. The first-order chi connectivity index (χ1) is 32.2. The van der Waals surface area contributed by atoms with Crippen LogP contribution in [0.15, 0.2) is 231 Å². The number of benzene rings is 10. The summed E-state index contributed by atoms with van der Waals surface area (Å²) in [5, 5.41) is 0. The molecule has 0 heterocycles. The zero-order chi connectivity index (χ0) is 44.6. The molecule has 0 nitrogen and oxygen atoms in total. The van der Waals surface area contributed by atoms with Gasteiger partial charge in [0.25, 0.3) is 0 Å². The third-order valence-electron chi connectivity index (χ3n) is 14.6. The van der Waals surface area contributed by atoms with E-state index in [9.17, 15) is 0 Å². The van der Waals surface area contributed by atoms with Crippen LogP contribution in [0.2, 0.25) is 0 Å². The highest BCUT2D eigenvalue weighted by molar-refractivity contribution is 5.90. The summed E-state index contributed by atoms with van der Waals surface area (Å²) in [4.78, 5) is 0. The molecule has 0 radical (unpaired) electrons. The molecule has 0 N–H and O–H groups in total. The number of hydrogen-bond acceptors (Lipinski definition) is 0. The van der Waals surface area contributed by atoms with Gasteiger partial charge in [-0.1, -0.05) is 198 Å². The average Bonchev–Trinajstić information content (AvgIpc) is 3.75. The third kappa shape index (κ3) is 6.67. The molecule has 2 aliphatic carbocycles. The second-order valence-corrected chi connectivity index (χ2v) is 19.4. The molecule has 0 fully saturated rings. The van der Waals surface area contributed by atoms with Crippen LogP contribution in [-0.4, -0.2) is 0 Å². The van der Waals surface area contributed by atoms with Gasteiger partial charge in [0.2, 0.25) is 0 Å². The van der Waals surface area contributed by atoms with E-state index in [4.69, 9.17) is 0 Å². The van der Waals surface area contributed by atoms with Crippen LogP contribution >= 0.6 is 0 Å². The van der Waals surface area contributed by atoms with Crippen LogP contribution in [0.3, 0.4) is 0 Å². The Labute approximate surface area is 389 Å². The van der Waals surface area contributed by atoms with Gasteiger partial charge in [-0.15, -0.1) is 0 Å². The number of rotatable bonds is 7. The predicted molar refractivity (Wildman–Crippen MR) is 280 cm³/mol. The molecule has 10 aromatic carbocycles. The molecule has 2 aliphatic rings. The fraction of sp³-hybridized carbons (Fsp3) is 0.0909. The Morgan fingerprint density at radius 2 is 0.379 bits per heavy atom. The van der Waals surface area contributed by atoms with E-state index in [0.29, 0.717) is 0 Å². The SMILES string of the molecule is CC1(C)c2cc(-c3cc(-c4ccccc4)cc(-c4ccccc4)c3)ccc2-c2ccc(-c3ccc4c(c3)C(C)(C)c3cc(-c5cc(-c6ccccc6)cc(-c6ccccc6)c5)ccc3-4)cc21. The lowest BCUT2D eigenvalue weighted by molar-refractivity contribution is 0.660. The number of hydrogen-bond donors (Lipinski definition) is 0. The van der Waals surface area contributed by atoms with Crippen molar-refractivity contribution in [3.05, 3.63) is 253 Å². The van der Waals surface area contributed by atoms with Gasteiger partial charge in [0, 0.05) is 10.8 Å². The molecular weight excluding hydrogens is 793 g/mol. The minimum Gasteiger partial charge on any atom is -0.0622 e. The highest BCUT2D eigenvalue weighted by Crippen LogP contribution is 2.53. The molecule has 0 bridgehead atoms. The maximum atomic E-state index is 2.47. The Morgan fingerprint density at radius 1 is 0.182 bits per heavy atom. The summed E-state index contributed by atoms with van der Waals surface area (Å²) in [6.45, 7) is 9.61. The Bertz CT molecular complexity index is 3130. The molecule has 0 atom stereocenters. The van der Waals surface area contributed by atoms with E-state index >= 15 is 0 Å². The van der Waals surface area contributed by atoms with Crippen molar-refractivity contribution in [1.82, 2.24) is 0 Å². The van der Waals surface area contributed by atoms with Gasteiger partial charge >= 0.3 is 0 Å². The van der Waals surface area contributed by atoms with Crippen LogP contribution in [-0.2, 0) is 10.8 Å². The van der Waals surface area contributed by atoms with Crippen LogP contribution in [0.1, 0.15) is 49.9 Å². The zero-order valence-electron chi connectivity index (χ0n) is 37.9. The maximum absolute atomic E-state index is 2.47. The first-order valence-electron chi connectivity index (χ1n) is 23.3. The van der Waals surface area contributed by atoms with Crippen LogP contribution in [0, 0.1) is 0 Å². The van der Waals surface area contributed by atoms with Crippen LogP contribution < -0.4 is 0 Å². The molecule has 10 aromatic rings. The summed E-state index contributed by atoms with van der Waals surface area (Å²) in [5.74, 6) is 0. The predicted octanol–water partition coefficient (Wildman–Crippen LogP) is 18.0. The van der Waals surface area contributed by atoms with Crippen LogP contribution in [0.4, 0.5) is 0 Å². The highest BCUT2D eigenvalue weighted by Gasteiger charge is 2.38. The number of fused-ring (bicyclic) bond motifs is 6. The molecule has 12 rings (SSSR count). The second kappa shape index (κ2) is 15.4. The standard InChI is InChI=1S/C66H50/c1-65(2)61-39-47(25-29-57(61)59-31-27-49(41-63(59)65)55-35-51(43-17-9-5-10-18-43)33-52(36-55)44-19-11-6-12-20-44)48-26-30-58-60-32-28-50(42-64(60)66(3,4)62(58)40-48)56-37-53(45-21-13-7-14-22-45)34-54(38-56)46-23-15-8-16-24-46/h5-42H,1-4H3. The average molecular weight is 843 g/mol. The summed E-state index contributed by atoms with van der Waals surface area (Å²) in [7, 11) is 0. The monoisotopic (exact) mass is 842 g/mol. The lowest BCUT2D eigenvalue weighted by Crippen LogP contribution is -2.15.